The molecule has 0 aliphatic carbocycles. The van der Waals surface area contributed by atoms with E-state index in [0.29, 0.717) is 13.2 Å². The van der Waals surface area contributed by atoms with Crippen LogP contribution in [0, 0.1) is 0 Å². The lowest BCUT2D eigenvalue weighted by Crippen LogP contribution is -3.00. The van der Waals surface area contributed by atoms with Crippen molar-refractivity contribution in [3.63, 3.8) is 0 Å². The molecular formula is C26H46ClNO3. The van der Waals surface area contributed by atoms with Crippen molar-refractivity contribution in [2.75, 3.05) is 13.2 Å². The van der Waals surface area contributed by atoms with Gasteiger partial charge in [-0.05, 0) is 12.8 Å². The minimum absolute atomic E-state index is 0. The summed E-state index contributed by atoms with van der Waals surface area (Å²) in [7, 11) is 0. The fourth-order valence-corrected chi connectivity index (χ4v) is 3.63. The second kappa shape index (κ2) is 23.4. The first-order valence-corrected chi connectivity index (χ1v) is 12.6. The Morgan fingerprint density at radius 3 is 1.52 bits per heavy atom. The smallest absolute Gasteiger partial charge is 0.508 e. The van der Waals surface area contributed by atoms with E-state index in [9.17, 15) is 4.79 Å². The third-order valence-corrected chi connectivity index (χ3v) is 5.53. The molecule has 0 unspecified atom stereocenters. The topological polar surface area (TPSA) is 39.4 Å². The second-order valence-corrected chi connectivity index (χ2v) is 8.36. The van der Waals surface area contributed by atoms with Crippen molar-refractivity contribution in [2.45, 2.75) is 116 Å². The Bertz CT molecular complexity index is 499. The van der Waals surface area contributed by atoms with Crippen molar-refractivity contribution < 1.29 is 31.2 Å². The number of ether oxygens (including phenoxy) is 2. The quantitative estimate of drug-likeness (QED) is 0.166. The summed E-state index contributed by atoms with van der Waals surface area (Å²) in [4.78, 5) is 11.6. The maximum Gasteiger partial charge on any atom is 0.508 e. The van der Waals surface area contributed by atoms with Crippen LogP contribution in [0.25, 0.3) is 0 Å². The van der Waals surface area contributed by atoms with E-state index >= 15 is 0 Å². The molecule has 0 saturated heterocycles. The van der Waals surface area contributed by atoms with Gasteiger partial charge in [-0.3, -0.25) is 0 Å². The molecule has 0 spiro atoms. The molecule has 31 heavy (non-hydrogen) atoms. The summed E-state index contributed by atoms with van der Waals surface area (Å²) in [6.45, 7) is 4.14. The molecule has 1 aromatic heterocycles. The van der Waals surface area contributed by atoms with Gasteiger partial charge in [0.05, 0.1) is 13.2 Å². The standard InChI is InChI=1S/C26H46NO3.ClH/c1-2-3-4-5-6-7-8-9-10-11-12-13-14-19-24-29-26(28)30-25-20-18-23-27-21-16-15-17-22-27;/h15-17,21-22H,2-14,18-20,23-25H2,1H3;1H/q+1;/p-1. The van der Waals surface area contributed by atoms with Gasteiger partial charge in [-0.2, -0.15) is 0 Å². The van der Waals surface area contributed by atoms with E-state index in [1.807, 2.05) is 30.6 Å². The molecule has 0 saturated carbocycles. The average molecular weight is 456 g/mol. The predicted molar refractivity (Wildman–Crippen MR) is 123 cm³/mol. The highest BCUT2D eigenvalue weighted by Crippen LogP contribution is 2.13. The minimum atomic E-state index is -0.517. The number of aromatic nitrogens is 1. The number of carbonyl (C=O) groups excluding carboxylic acids is 1. The molecule has 1 heterocycles. The van der Waals surface area contributed by atoms with Gasteiger partial charge in [0.15, 0.2) is 12.4 Å². The molecular weight excluding hydrogens is 410 g/mol. The maximum atomic E-state index is 11.6. The Morgan fingerprint density at radius 1 is 0.613 bits per heavy atom. The fraction of sp³-hybridized carbons (Fsp3) is 0.769. The Hall–Kier alpha value is -1.29. The molecule has 0 fully saturated rings. The zero-order valence-corrected chi connectivity index (χ0v) is 20.6. The van der Waals surface area contributed by atoms with Crippen LogP contribution in [-0.2, 0) is 16.0 Å². The fourth-order valence-electron chi connectivity index (χ4n) is 3.63. The van der Waals surface area contributed by atoms with E-state index < -0.39 is 6.16 Å². The molecule has 1 rings (SSSR count). The number of unbranched alkanes of at least 4 members (excludes halogenated alkanes) is 14. The van der Waals surface area contributed by atoms with Crippen LogP contribution in [-0.4, -0.2) is 19.4 Å². The van der Waals surface area contributed by atoms with Gasteiger partial charge in [0.2, 0.25) is 0 Å². The number of halogens is 1. The first-order valence-electron chi connectivity index (χ1n) is 12.6. The highest BCUT2D eigenvalue weighted by molar-refractivity contribution is 5.59. The monoisotopic (exact) mass is 455 g/mol. The predicted octanol–water partition coefficient (Wildman–Crippen LogP) is 4.39. The zero-order chi connectivity index (χ0) is 21.5. The SMILES string of the molecule is CCCCCCCCCCCCCCCCOC(=O)OCCCC[n+]1ccccc1.[Cl-]. The number of hydrogen-bond donors (Lipinski definition) is 0. The number of carbonyl (C=O) groups is 1. The Morgan fingerprint density at radius 2 is 1.03 bits per heavy atom. The van der Waals surface area contributed by atoms with Gasteiger partial charge >= 0.3 is 6.16 Å². The Labute approximate surface area is 197 Å². The number of hydrogen-bond acceptors (Lipinski definition) is 3. The van der Waals surface area contributed by atoms with Crippen LogP contribution in [0.4, 0.5) is 4.79 Å². The van der Waals surface area contributed by atoms with Gasteiger partial charge in [0, 0.05) is 18.6 Å². The van der Waals surface area contributed by atoms with Crippen molar-refractivity contribution in [3.05, 3.63) is 30.6 Å². The summed E-state index contributed by atoms with van der Waals surface area (Å²) < 4.78 is 12.4. The van der Waals surface area contributed by atoms with Crippen molar-refractivity contribution in [3.8, 4) is 0 Å². The summed E-state index contributed by atoms with van der Waals surface area (Å²) in [5, 5.41) is 0. The van der Waals surface area contributed by atoms with Crippen LogP contribution < -0.4 is 17.0 Å². The molecule has 0 atom stereocenters. The zero-order valence-electron chi connectivity index (χ0n) is 19.9. The van der Waals surface area contributed by atoms with Crippen LogP contribution >= 0.6 is 0 Å². The average Bonchev–Trinajstić information content (AvgIpc) is 2.77. The summed E-state index contributed by atoms with van der Waals surface area (Å²) in [5.41, 5.74) is 0. The van der Waals surface area contributed by atoms with E-state index in [4.69, 9.17) is 9.47 Å². The second-order valence-electron chi connectivity index (χ2n) is 8.36. The third kappa shape index (κ3) is 20.4. The Balaban J connectivity index is 0.00000900. The molecule has 1 aromatic rings. The van der Waals surface area contributed by atoms with E-state index in [2.05, 4.69) is 11.5 Å². The third-order valence-electron chi connectivity index (χ3n) is 5.53. The molecule has 4 nitrogen and oxygen atoms in total. The van der Waals surface area contributed by atoms with Crippen LogP contribution in [0.15, 0.2) is 30.6 Å². The van der Waals surface area contributed by atoms with E-state index in [1.54, 1.807) is 0 Å². The van der Waals surface area contributed by atoms with Crippen LogP contribution in [0.3, 0.4) is 0 Å². The molecule has 180 valence electrons. The Kier molecular flexibility index (Phi) is 22.4. The molecule has 0 aliphatic rings. The molecule has 0 N–H and O–H groups in total. The van der Waals surface area contributed by atoms with Gasteiger partial charge in [-0.1, -0.05) is 96.5 Å². The van der Waals surface area contributed by atoms with E-state index in [-0.39, 0.29) is 12.4 Å². The van der Waals surface area contributed by atoms with Gasteiger partial charge in [-0.25, -0.2) is 9.36 Å². The van der Waals surface area contributed by atoms with Gasteiger partial charge < -0.3 is 21.9 Å². The van der Waals surface area contributed by atoms with E-state index in [1.165, 1.54) is 77.0 Å². The lowest BCUT2D eigenvalue weighted by molar-refractivity contribution is -0.697. The summed E-state index contributed by atoms with van der Waals surface area (Å²) in [6, 6.07) is 6.05. The number of nitrogens with zero attached hydrogens (tertiary/aromatic N) is 1. The summed E-state index contributed by atoms with van der Waals surface area (Å²) in [6.07, 6.45) is 24.0. The molecule has 0 radical (unpaired) electrons. The normalized spacial score (nSPS) is 10.5. The number of aryl methyl sites for hydroxylation is 1. The van der Waals surface area contributed by atoms with Gasteiger partial charge in [-0.15, -0.1) is 0 Å². The van der Waals surface area contributed by atoms with Crippen molar-refractivity contribution in [2.24, 2.45) is 0 Å². The first-order chi connectivity index (χ1) is 14.8. The lowest BCUT2D eigenvalue weighted by Gasteiger charge is -2.06. The molecule has 0 amide bonds. The van der Waals surface area contributed by atoms with Gasteiger partial charge in [0.1, 0.15) is 6.54 Å². The van der Waals surface area contributed by atoms with E-state index in [0.717, 1.165) is 32.2 Å². The molecule has 5 heteroatoms. The summed E-state index contributed by atoms with van der Waals surface area (Å²) >= 11 is 0. The number of pyridine rings is 1. The van der Waals surface area contributed by atoms with Crippen molar-refractivity contribution in [1.82, 2.24) is 0 Å². The molecule has 0 aliphatic heterocycles. The highest BCUT2D eigenvalue weighted by atomic mass is 35.5. The van der Waals surface area contributed by atoms with Crippen LogP contribution in [0.2, 0.25) is 0 Å². The summed E-state index contributed by atoms with van der Waals surface area (Å²) in [5.74, 6) is 0. The first kappa shape index (κ1) is 29.7. The van der Waals surface area contributed by atoms with Crippen LogP contribution in [0.1, 0.15) is 110 Å². The van der Waals surface area contributed by atoms with Crippen LogP contribution in [0.5, 0.6) is 0 Å². The van der Waals surface area contributed by atoms with Crippen molar-refractivity contribution >= 4 is 6.16 Å². The molecule has 0 bridgehead atoms. The lowest BCUT2D eigenvalue weighted by atomic mass is 10.0. The largest absolute Gasteiger partial charge is 1.00 e. The van der Waals surface area contributed by atoms with Crippen molar-refractivity contribution in [1.29, 1.82) is 0 Å². The molecule has 0 aromatic carbocycles. The van der Waals surface area contributed by atoms with Gasteiger partial charge in [0.25, 0.3) is 0 Å². The maximum absolute atomic E-state index is 11.6. The highest BCUT2D eigenvalue weighted by Gasteiger charge is 2.04. The number of rotatable bonds is 20. The minimum Gasteiger partial charge on any atom is -1.00 e.